The first-order valence-electron chi connectivity index (χ1n) is 15.5. The first kappa shape index (κ1) is 32.2. The van der Waals surface area contributed by atoms with E-state index in [0.29, 0.717) is 37.0 Å². The van der Waals surface area contributed by atoms with Crippen molar-refractivity contribution in [2.75, 3.05) is 72.4 Å². The number of benzene rings is 2. The van der Waals surface area contributed by atoms with Crippen molar-refractivity contribution in [2.45, 2.75) is 37.5 Å². The Morgan fingerprint density at radius 2 is 1.42 bits per heavy atom. The van der Waals surface area contributed by atoms with Gasteiger partial charge in [0.25, 0.3) is 0 Å². The third-order valence-electron chi connectivity index (χ3n) is 8.13. The van der Waals surface area contributed by atoms with Gasteiger partial charge >= 0.3 is 6.03 Å². The molecule has 0 saturated carbocycles. The van der Waals surface area contributed by atoms with Gasteiger partial charge in [0.2, 0.25) is 9.84 Å². The lowest BCUT2D eigenvalue weighted by Gasteiger charge is -2.38. The maximum atomic E-state index is 13.2. The summed E-state index contributed by atoms with van der Waals surface area (Å²) < 4.78 is 25.8. The number of rotatable bonds is 11. The summed E-state index contributed by atoms with van der Waals surface area (Å²) in [5.74, 6) is 1.94. The van der Waals surface area contributed by atoms with Gasteiger partial charge in [-0.3, -0.25) is 5.32 Å². The fraction of sp³-hybridized carbons (Fsp3) is 0.364. The van der Waals surface area contributed by atoms with Gasteiger partial charge in [-0.2, -0.15) is 0 Å². The van der Waals surface area contributed by atoms with E-state index in [0.717, 1.165) is 49.1 Å². The molecule has 4 aromatic rings. The van der Waals surface area contributed by atoms with Gasteiger partial charge in [0, 0.05) is 63.3 Å². The second-order valence-corrected chi connectivity index (χ2v) is 13.4. The van der Waals surface area contributed by atoms with E-state index in [1.54, 1.807) is 54.6 Å². The number of carbonyl (C=O) groups is 1. The fourth-order valence-electron chi connectivity index (χ4n) is 5.49. The summed E-state index contributed by atoms with van der Waals surface area (Å²) in [6.45, 7) is 14.6. The normalized spacial score (nSPS) is 13.5. The largest absolute Gasteiger partial charge is 0.369 e. The zero-order chi connectivity index (χ0) is 32.0. The van der Waals surface area contributed by atoms with E-state index < -0.39 is 9.84 Å². The number of piperazine rings is 1. The molecule has 0 atom stereocenters. The second kappa shape index (κ2) is 14.3. The number of sulfone groups is 1. The number of hydrogen-bond acceptors (Lipinski definition) is 9. The number of nitrogens with zero attached hydrogens (tertiary/aromatic N) is 6. The third kappa shape index (κ3) is 7.07. The van der Waals surface area contributed by atoms with Crippen LogP contribution in [0.5, 0.6) is 0 Å². The predicted molar refractivity (Wildman–Crippen MR) is 184 cm³/mol. The van der Waals surface area contributed by atoms with E-state index in [9.17, 15) is 13.2 Å². The molecule has 1 aliphatic heterocycles. The van der Waals surface area contributed by atoms with Crippen LogP contribution >= 0.6 is 11.3 Å². The highest BCUT2D eigenvalue weighted by Crippen LogP contribution is 2.32. The van der Waals surface area contributed by atoms with Gasteiger partial charge in [-0.05, 0) is 64.1 Å². The van der Waals surface area contributed by atoms with Crippen LogP contribution in [0, 0.1) is 0 Å². The number of anilines is 4. The first-order chi connectivity index (χ1) is 21.8. The number of carbonyl (C=O) groups excluding carboxylic acids is 1. The minimum atomic E-state index is -3.59. The van der Waals surface area contributed by atoms with Crippen LogP contribution in [0.15, 0.2) is 81.9 Å². The highest BCUT2D eigenvalue weighted by Gasteiger charge is 2.26. The minimum Gasteiger partial charge on any atom is -0.369 e. The van der Waals surface area contributed by atoms with E-state index >= 15 is 0 Å². The fourth-order valence-corrected chi connectivity index (χ4v) is 7.49. The van der Waals surface area contributed by atoms with Gasteiger partial charge in [-0.1, -0.05) is 30.3 Å². The molecule has 1 saturated heterocycles. The molecule has 2 aromatic heterocycles. The molecule has 238 valence electrons. The summed E-state index contributed by atoms with van der Waals surface area (Å²) >= 11 is 1.34. The maximum Gasteiger partial charge on any atom is 0.323 e. The van der Waals surface area contributed by atoms with E-state index in [-0.39, 0.29) is 15.8 Å². The standard InChI is InChI=1S/C33H41N7O3S2/c1-5-37(6-2)29-18-19-30(38(7-3)8-4)35-31(29)39-20-22-40(23-21-39)33(41)36-32-34-28(24-44-32)25-14-16-27(17-15-25)45(42,43)26-12-10-9-11-13-26/h9-19,24H,5-8,20-23H2,1-4H3,(H,34,36,41). The number of nitrogens with one attached hydrogen (secondary N) is 1. The van der Waals surface area contributed by atoms with Gasteiger partial charge in [-0.25, -0.2) is 23.2 Å². The van der Waals surface area contributed by atoms with Gasteiger partial charge in [-0.15, -0.1) is 11.3 Å². The lowest BCUT2D eigenvalue weighted by molar-refractivity contribution is 0.208. The minimum absolute atomic E-state index is 0.186. The Labute approximate surface area is 270 Å². The molecule has 0 radical (unpaired) electrons. The quantitative estimate of drug-likeness (QED) is 0.209. The zero-order valence-electron chi connectivity index (χ0n) is 26.3. The molecule has 3 heterocycles. The molecule has 0 spiro atoms. The lowest BCUT2D eigenvalue weighted by Crippen LogP contribution is -2.50. The van der Waals surface area contributed by atoms with E-state index in [1.165, 1.54) is 11.3 Å². The van der Waals surface area contributed by atoms with Crippen LogP contribution in [-0.4, -0.2) is 81.7 Å². The SMILES string of the molecule is CCN(CC)c1ccc(N(CC)CC)c(N2CCN(C(=O)Nc3nc(-c4ccc(S(=O)(=O)c5ccccc5)cc4)cs3)CC2)n1. The Balaban J connectivity index is 1.23. The number of pyridine rings is 1. The topological polar surface area (TPSA) is 102 Å². The summed E-state index contributed by atoms with van der Waals surface area (Å²) in [6, 6.07) is 19.1. The molecule has 45 heavy (non-hydrogen) atoms. The lowest BCUT2D eigenvalue weighted by atomic mass is 10.2. The molecule has 0 bridgehead atoms. The summed E-state index contributed by atoms with van der Waals surface area (Å²) in [6.07, 6.45) is 0. The smallest absolute Gasteiger partial charge is 0.323 e. The Hall–Kier alpha value is -4.16. The molecule has 1 fully saturated rings. The Morgan fingerprint density at radius 1 is 0.800 bits per heavy atom. The van der Waals surface area contributed by atoms with Gasteiger partial charge in [0.1, 0.15) is 5.82 Å². The molecule has 2 aromatic carbocycles. The third-order valence-corrected chi connectivity index (χ3v) is 10.7. The van der Waals surface area contributed by atoms with Crippen molar-refractivity contribution >= 4 is 49.7 Å². The highest BCUT2D eigenvalue weighted by atomic mass is 32.2. The molecule has 5 rings (SSSR count). The van der Waals surface area contributed by atoms with Gasteiger partial charge in [0.15, 0.2) is 10.9 Å². The monoisotopic (exact) mass is 647 g/mol. The number of aromatic nitrogens is 2. The van der Waals surface area contributed by atoms with E-state index in [2.05, 4.69) is 64.8 Å². The van der Waals surface area contributed by atoms with Crippen LogP contribution in [0.2, 0.25) is 0 Å². The van der Waals surface area contributed by atoms with Gasteiger partial charge in [0.05, 0.1) is 21.2 Å². The van der Waals surface area contributed by atoms with Crippen molar-refractivity contribution in [3.8, 4) is 11.3 Å². The van der Waals surface area contributed by atoms with Crippen LogP contribution in [0.4, 0.5) is 27.2 Å². The average molecular weight is 648 g/mol. The van der Waals surface area contributed by atoms with Crippen LogP contribution < -0.4 is 20.0 Å². The second-order valence-electron chi connectivity index (χ2n) is 10.6. The maximum absolute atomic E-state index is 13.2. The zero-order valence-corrected chi connectivity index (χ0v) is 27.9. The summed E-state index contributed by atoms with van der Waals surface area (Å²) in [5.41, 5.74) is 2.57. The summed E-state index contributed by atoms with van der Waals surface area (Å²) in [7, 11) is -3.59. The number of urea groups is 1. The summed E-state index contributed by atoms with van der Waals surface area (Å²) in [5, 5.41) is 5.30. The molecule has 2 amide bonds. The van der Waals surface area contributed by atoms with Gasteiger partial charge < -0.3 is 19.6 Å². The molecule has 0 aliphatic carbocycles. The van der Waals surface area contributed by atoms with Crippen molar-refractivity contribution in [3.05, 3.63) is 72.1 Å². The number of hydrogen-bond donors (Lipinski definition) is 1. The van der Waals surface area contributed by atoms with Crippen LogP contribution in [-0.2, 0) is 9.84 Å². The van der Waals surface area contributed by atoms with Crippen LogP contribution in [0.25, 0.3) is 11.3 Å². The first-order valence-corrected chi connectivity index (χ1v) is 17.8. The van der Waals surface area contributed by atoms with Crippen LogP contribution in [0.3, 0.4) is 0 Å². The average Bonchev–Trinajstić information content (AvgIpc) is 3.55. The van der Waals surface area contributed by atoms with Crippen molar-refractivity contribution in [1.82, 2.24) is 14.9 Å². The number of thiazole rings is 1. The molecule has 1 aliphatic rings. The molecule has 1 N–H and O–H groups in total. The molecule has 12 heteroatoms. The Kier molecular flexibility index (Phi) is 10.2. The van der Waals surface area contributed by atoms with Crippen molar-refractivity contribution in [1.29, 1.82) is 0 Å². The molecular weight excluding hydrogens is 607 g/mol. The van der Waals surface area contributed by atoms with E-state index in [4.69, 9.17) is 4.98 Å². The van der Waals surface area contributed by atoms with Crippen molar-refractivity contribution < 1.29 is 13.2 Å². The molecule has 10 nitrogen and oxygen atoms in total. The Bertz CT molecular complexity index is 1680. The predicted octanol–water partition coefficient (Wildman–Crippen LogP) is 6.08. The highest BCUT2D eigenvalue weighted by molar-refractivity contribution is 7.91. The van der Waals surface area contributed by atoms with Crippen molar-refractivity contribution in [2.24, 2.45) is 0 Å². The van der Waals surface area contributed by atoms with Crippen molar-refractivity contribution in [3.63, 3.8) is 0 Å². The molecular formula is C33H41N7O3S2. The summed E-state index contributed by atoms with van der Waals surface area (Å²) in [4.78, 5) is 32.1. The van der Waals surface area contributed by atoms with E-state index in [1.807, 2.05) is 10.3 Å². The number of amides is 2. The molecule has 0 unspecified atom stereocenters. The Morgan fingerprint density at radius 3 is 2.04 bits per heavy atom. The van der Waals surface area contributed by atoms with Crippen LogP contribution in [0.1, 0.15) is 27.7 Å².